The summed E-state index contributed by atoms with van der Waals surface area (Å²) in [5.74, 6) is 0.331. The Labute approximate surface area is 81.8 Å². The molecule has 0 radical (unpaired) electrons. The topological polar surface area (TPSA) is 61.8 Å². The normalized spacial score (nSPS) is 9.71. The number of nitriles is 1. The Morgan fingerprint density at radius 2 is 1.79 bits per heavy atom. The molecule has 0 atom stereocenters. The van der Waals surface area contributed by atoms with Crippen LogP contribution in [0, 0.1) is 28.8 Å². The van der Waals surface area contributed by atoms with Gasteiger partial charge in [-0.2, -0.15) is 5.26 Å². The minimum Gasteiger partial charge on any atom is -0.320 e. The number of nitrogens with two attached hydrogens (primary N) is 1. The summed E-state index contributed by atoms with van der Waals surface area (Å²) in [5, 5.41) is 7.54. The molecule has 0 aliphatic heterocycles. The van der Waals surface area contributed by atoms with Crippen molar-refractivity contribution in [3.8, 4) is 6.07 Å². The predicted molar refractivity (Wildman–Crippen MR) is 43.9 cm³/mol. The minimum atomic E-state index is -1.62. The zero-order valence-electron chi connectivity index (χ0n) is 6.54. The molecule has 1 rings (SSSR count). The summed E-state index contributed by atoms with van der Waals surface area (Å²) in [7, 11) is 0. The second kappa shape index (κ2) is 3.74. The van der Waals surface area contributed by atoms with Crippen molar-refractivity contribution in [2.24, 2.45) is 5.84 Å². The Morgan fingerprint density at radius 1 is 1.21 bits per heavy atom. The summed E-state index contributed by atoms with van der Waals surface area (Å²) >= 11 is 5.28. The van der Waals surface area contributed by atoms with Crippen molar-refractivity contribution in [2.45, 2.75) is 0 Å². The van der Waals surface area contributed by atoms with Gasteiger partial charge in [0.1, 0.15) is 22.3 Å². The number of nitrogens with one attached hydrogen (secondary N) is 1. The van der Waals surface area contributed by atoms with Crippen molar-refractivity contribution in [1.82, 2.24) is 0 Å². The van der Waals surface area contributed by atoms with Gasteiger partial charge >= 0.3 is 0 Å². The molecule has 7 heteroatoms. The van der Waals surface area contributed by atoms with Crippen LogP contribution in [-0.4, -0.2) is 0 Å². The third-order valence-electron chi connectivity index (χ3n) is 1.52. The molecule has 74 valence electrons. The molecule has 0 fully saturated rings. The molecule has 1 aromatic carbocycles. The quantitative estimate of drug-likeness (QED) is 0.433. The monoisotopic (exact) mass is 221 g/mol. The lowest BCUT2D eigenvalue weighted by atomic mass is 10.2. The molecule has 14 heavy (non-hydrogen) atoms. The van der Waals surface area contributed by atoms with Gasteiger partial charge in [0.2, 0.25) is 0 Å². The number of benzene rings is 1. The van der Waals surface area contributed by atoms with Gasteiger partial charge in [0.25, 0.3) is 0 Å². The van der Waals surface area contributed by atoms with Crippen molar-refractivity contribution >= 4 is 17.3 Å². The van der Waals surface area contributed by atoms with Gasteiger partial charge in [-0.15, -0.1) is 0 Å². The van der Waals surface area contributed by atoms with Gasteiger partial charge in [0.15, 0.2) is 17.5 Å². The molecule has 0 amide bonds. The van der Waals surface area contributed by atoms with E-state index in [4.69, 9.17) is 22.7 Å². The second-order valence-corrected chi connectivity index (χ2v) is 2.64. The fraction of sp³-hybridized carbons (Fsp3) is 0. The van der Waals surface area contributed by atoms with Crippen LogP contribution >= 0.6 is 11.6 Å². The molecule has 0 bridgehead atoms. The van der Waals surface area contributed by atoms with E-state index in [2.05, 4.69) is 0 Å². The number of hydrazine groups is 1. The van der Waals surface area contributed by atoms with Gasteiger partial charge in [-0.1, -0.05) is 11.6 Å². The highest BCUT2D eigenvalue weighted by molar-refractivity contribution is 6.33. The molecule has 0 unspecified atom stereocenters. The predicted octanol–water partition coefficient (Wildman–Crippen LogP) is 1.91. The summed E-state index contributed by atoms with van der Waals surface area (Å²) < 4.78 is 38.9. The van der Waals surface area contributed by atoms with E-state index in [0.29, 0.717) is 0 Å². The third-order valence-corrected chi connectivity index (χ3v) is 1.87. The van der Waals surface area contributed by atoms with Crippen molar-refractivity contribution in [3.63, 3.8) is 0 Å². The molecular weight excluding hydrogens is 219 g/mol. The fourth-order valence-electron chi connectivity index (χ4n) is 0.857. The molecule has 0 aliphatic rings. The Hall–Kier alpha value is -1.45. The molecule has 0 aliphatic carbocycles. The maximum absolute atomic E-state index is 13.0. The van der Waals surface area contributed by atoms with Gasteiger partial charge in [-0.05, 0) is 0 Å². The first kappa shape index (κ1) is 10.6. The van der Waals surface area contributed by atoms with E-state index in [-0.39, 0.29) is 0 Å². The van der Waals surface area contributed by atoms with Crippen molar-refractivity contribution in [2.75, 3.05) is 5.43 Å². The highest BCUT2D eigenvalue weighted by Crippen LogP contribution is 2.32. The first-order valence-corrected chi connectivity index (χ1v) is 3.65. The van der Waals surface area contributed by atoms with E-state index in [0.717, 1.165) is 6.07 Å². The first-order chi connectivity index (χ1) is 6.54. The Kier molecular flexibility index (Phi) is 2.84. The summed E-state index contributed by atoms with van der Waals surface area (Å²) in [4.78, 5) is 0. The molecular formula is C7H3ClF3N3. The molecule has 0 heterocycles. The Morgan fingerprint density at radius 3 is 2.21 bits per heavy atom. The number of rotatable bonds is 1. The number of nitrogen functional groups attached to an aromatic ring is 1. The van der Waals surface area contributed by atoms with Crippen LogP contribution in [0.3, 0.4) is 0 Å². The van der Waals surface area contributed by atoms with E-state index in [1.165, 1.54) is 0 Å². The average molecular weight is 222 g/mol. The van der Waals surface area contributed by atoms with Gasteiger partial charge in [0, 0.05) is 0 Å². The summed E-state index contributed by atoms with van der Waals surface area (Å²) in [6.45, 7) is 0. The molecule has 0 saturated carbocycles. The molecule has 0 spiro atoms. The number of nitrogens with zero attached hydrogens (tertiary/aromatic N) is 1. The van der Waals surface area contributed by atoms with Crippen LogP contribution in [0.15, 0.2) is 0 Å². The van der Waals surface area contributed by atoms with E-state index in [1.807, 2.05) is 0 Å². The molecule has 1 aromatic rings. The molecule has 0 aromatic heterocycles. The fourth-order valence-corrected chi connectivity index (χ4v) is 1.09. The van der Waals surface area contributed by atoms with E-state index < -0.39 is 33.7 Å². The second-order valence-electron chi connectivity index (χ2n) is 2.26. The van der Waals surface area contributed by atoms with Gasteiger partial charge in [-0.25, -0.2) is 13.2 Å². The minimum absolute atomic E-state index is 0.722. The van der Waals surface area contributed by atoms with Crippen LogP contribution in [0.25, 0.3) is 0 Å². The Bertz CT molecular complexity index is 391. The SMILES string of the molecule is N#Cc1c(F)c(F)c(NN)c(Cl)c1F. The van der Waals surface area contributed by atoms with Crippen LogP contribution in [0.4, 0.5) is 18.9 Å². The number of anilines is 1. The van der Waals surface area contributed by atoms with Crippen molar-refractivity contribution in [1.29, 1.82) is 5.26 Å². The van der Waals surface area contributed by atoms with E-state index in [1.54, 1.807) is 5.43 Å². The first-order valence-electron chi connectivity index (χ1n) is 3.27. The smallest absolute Gasteiger partial charge is 0.186 e. The van der Waals surface area contributed by atoms with Crippen LogP contribution in [0.1, 0.15) is 5.56 Å². The van der Waals surface area contributed by atoms with Crippen LogP contribution in [0.2, 0.25) is 5.02 Å². The van der Waals surface area contributed by atoms with Crippen molar-refractivity contribution < 1.29 is 13.2 Å². The lowest BCUT2D eigenvalue weighted by Crippen LogP contribution is -2.12. The van der Waals surface area contributed by atoms with Crippen LogP contribution in [-0.2, 0) is 0 Å². The summed E-state index contributed by atoms with van der Waals surface area (Å²) in [6.07, 6.45) is 0. The highest BCUT2D eigenvalue weighted by Gasteiger charge is 2.23. The molecule has 3 nitrogen and oxygen atoms in total. The molecule has 3 N–H and O–H groups in total. The lowest BCUT2D eigenvalue weighted by Gasteiger charge is -2.07. The highest BCUT2D eigenvalue weighted by atomic mass is 35.5. The summed E-state index contributed by atoms with van der Waals surface area (Å²) in [6, 6.07) is 1.15. The standard InChI is InChI=1S/C7H3ClF3N3/c8-3-4(9)2(1-12)5(10)6(11)7(3)14-13/h14H,13H2. The third kappa shape index (κ3) is 1.36. The zero-order valence-corrected chi connectivity index (χ0v) is 7.29. The largest absolute Gasteiger partial charge is 0.320 e. The van der Waals surface area contributed by atoms with Crippen LogP contribution < -0.4 is 11.3 Å². The summed E-state index contributed by atoms with van der Waals surface area (Å²) in [5.41, 5.74) is -0.0988. The van der Waals surface area contributed by atoms with E-state index >= 15 is 0 Å². The zero-order chi connectivity index (χ0) is 10.9. The van der Waals surface area contributed by atoms with Gasteiger partial charge in [-0.3, -0.25) is 5.84 Å². The Balaban J connectivity index is 3.66. The number of halogens is 4. The number of hydrogen-bond donors (Lipinski definition) is 2. The lowest BCUT2D eigenvalue weighted by molar-refractivity contribution is 0.494. The maximum Gasteiger partial charge on any atom is 0.186 e. The maximum atomic E-state index is 13.0. The number of hydrogen-bond acceptors (Lipinski definition) is 3. The van der Waals surface area contributed by atoms with Crippen LogP contribution in [0.5, 0.6) is 0 Å². The van der Waals surface area contributed by atoms with Gasteiger partial charge < -0.3 is 5.43 Å². The van der Waals surface area contributed by atoms with E-state index in [9.17, 15) is 13.2 Å². The van der Waals surface area contributed by atoms with Gasteiger partial charge in [0.05, 0.1) is 0 Å². The average Bonchev–Trinajstić information content (AvgIpc) is 2.17. The van der Waals surface area contributed by atoms with Crippen molar-refractivity contribution in [3.05, 3.63) is 28.0 Å². The molecule has 0 saturated heterocycles.